The number of thiol groups is 1. The van der Waals surface area contributed by atoms with Crippen molar-refractivity contribution in [3.05, 3.63) is 10.6 Å². The van der Waals surface area contributed by atoms with E-state index in [0.29, 0.717) is 10.6 Å². The molecular weight excluding hydrogens is 222 g/mol. The van der Waals surface area contributed by atoms with Gasteiger partial charge in [0.25, 0.3) is 0 Å². The second-order valence-electron chi connectivity index (χ2n) is 4.25. The zero-order valence-corrected chi connectivity index (χ0v) is 9.55. The van der Waals surface area contributed by atoms with Gasteiger partial charge in [-0.1, -0.05) is 12.8 Å². The molecule has 5 heteroatoms. The Labute approximate surface area is 99.3 Å². The highest BCUT2D eigenvalue weighted by Crippen LogP contribution is 2.52. The van der Waals surface area contributed by atoms with Crippen molar-refractivity contribution in [2.75, 3.05) is 0 Å². The van der Waals surface area contributed by atoms with Crippen LogP contribution in [0.1, 0.15) is 25.7 Å². The predicted molar refractivity (Wildman–Crippen MR) is 59.8 cm³/mol. The number of carbonyl (C=O) groups is 1. The van der Waals surface area contributed by atoms with E-state index in [0.717, 1.165) is 25.7 Å². The number of nitrogens with zero attached hydrogens (tertiary/aromatic N) is 2. The summed E-state index contributed by atoms with van der Waals surface area (Å²) in [5.74, 6) is -1.08. The maximum atomic E-state index is 11.7. The van der Waals surface area contributed by atoms with Crippen LogP contribution < -0.4 is 5.32 Å². The van der Waals surface area contributed by atoms with E-state index in [-0.39, 0.29) is 5.91 Å². The Morgan fingerprint density at radius 1 is 1.38 bits per heavy atom. The highest BCUT2D eigenvalue weighted by Gasteiger charge is 2.51. The van der Waals surface area contributed by atoms with Crippen LogP contribution in [0.2, 0.25) is 0 Å². The molecule has 0 saturated heterocycles. The number of hydrogen-bond acceptors (Lipinski definition) is 4. The summed E-state index contributed by atoms with van der Waals surface area (Å²) < 4.78 is 0. The van der Waals surface area contributed by atoms with Crippen LogP contribution in [0, 0.1) is 34.0 Å². The quantitative estimate of drug-likeness (QED) is 0.622. The zero-order chi connectivity index (χ0) is 11.8. The fraction of sp³-hybridized carbons (Fsp3) is 0.545. The third kappa shape index (κ3) is 1.32. The van der Waals surface area contributed by atoms with Crippen LogP contribution in [0.4, 0.5) is 0 Å². The molecule has 0 bridgehead atoms. The molecule has 1 saturated carbocycles. The molecule has 1 N–H and O–H groups in total. The van der Waals surface area contributed by atoms with E-state index in [1.54, 1.807) is 0 Å². The molecule has 16 heavy (non-hydrogen) atoms. The Morgan fingerprint density at radius 3 is 2.50 bits per heavy atom. The summed E-state index contributed by atoms with van der Waals surface area (Å²) in [6.45, 7) is 0. The summed E-state index contributed by atoms with van der Waals surface area (Å²) in [7, 11) is 0. The highest BCUT2D eigenvalue weighted by atomic mass is 32.1. The van der Waals surface area contributed by atoms with E-state index in [9.17, 15) is 4.79 Å². The van der Waals surface area contributed by atoms with E-state index < -0.39 is 11.3 Å². The fourth-order valence-corrected chi connectivity index (χ4v) is 3.16. The smallest absolute Gasteiger partial charge is 0.243 e. The molecule has 2 rings (SSSR count). The first kappa shape index (κ1) is 11.0. The fourth-order valence-electron chi connectivity index (χ4n) is 2.77. The van der Waals surface area contributed by atoms with Gasteiger partial charge in [0.15, 0.2) is 0 Å². The summed E-state index contributed by atoms with van der Waals surface area (Å²) in [6, 6.07) is 4.15. The van der Waals surface area contributed by atoms with Gasteiger partial charge in [0.1, 0.15) is 5.92 Å². The number of amides is 1. The van der Waals surface area contributed by atoms with Crippen LogP contribution in [0.15, 0.2) is 10.6 Å². The van der Waals surface area contributed by atoms with Gasteiger partial charge >= 0.3 is 0 Å². The van der Waals surface area contributed by atoms with E-state index in [1.807, 2.05) is 6.07 Å². The van der Waals surface area contributed by atoms with Crippen LogP contribution >= 0.6 is 12.6 Å². The second-order valence-corrected chi connectivity index (χ2v) is 4.70. The van der Waals surface area contributed by atoms with Gasteiger partial charge in [-0.2, -0.15) is 10.5 Å². The van der Waals surface area contributed by atoms with Gasteiger partial charge < -0.3 is 5.32 Å². The summed E-state index contributed by atoms with van der Waals surface area (Å²) in [4.78, 5) is 11.7. The molecule has 1 fully saturated rings. The lowest BCUT2D eigenvalue weighted by atomic mass is 9.67. The molecule has 1 atom stereocenters. The number of hydrogen-bond donors (Lipinski definition) is 2. The average Bonchev–Trinajstić information content (AvgIpc) is 2.68. The molecule has 0 unspecified atom stereocenters. The van der Waals surface area contributed by atoms with Gasteiger partial charge in [-0.25, -0.2) is 0 Å². The van der Waals surface area contributed by atoms with Crippen molar-refractivity contribution in [2.45, 2.75) is 25.7 Å². The van der Waals surface area contributed by atoms with Gasteiger partial charge in [-0.15, -0.1) is 12.6 Å². The number of allylic oxidation sites excluding steroid dienone is 1. The molecule has 1 aliphatic heterocycles. The lowest BCUT2D eigenvalue weighted by Crippen LogP contribution is -2.45. The van der Waals surface area contributed by atoms with Crippen molar-refractivity contribution in [3.8, 4) is 12.1 Å². The second kappa shape index (κ2) is 3.84. The van der Waals surface area contributed by atoms with E-state index in [4.69, 9.17) is 10.5 Å². The first-order valence-corrected chi connectivity index (χ1v) is 5.65. The minimum absolute atomic E-state index is 0.320. The van der Waals surface area contributed by atoms with Gasteiger partial charge in [0.05, 0.1) is 22.7 Å². The Kier molecular flexibility index (Phi) is 2.65. The Bertz CT molecular complexity index is 449. The van der Waals surface area contributed by atoms with E-state index >= 15 is 0 Å². The number of nitrogens with one attached hydrogen (secondary N) is 1. The predicted octanol–water partition coefficient (Wildman–Crippen LogP) is 1.48. The van der Waals surface area contributed by atoms with Crippen LogP contribution in [0.25, 0.3) is 0 Å². The summed E-state index contributed by atoms with van der Waals surface area (Å²) in [6.07, 6.45) is 3.37. The molecule has 0 aromatic carbocycles. The van der Waals surface area contributed by atoms with E-state index in [2.05, 4.69) is 24.0 Å². The normalized spacial score (nSPS) is 27.4. The van der Waals surface area contributed by atoms with Crippen molar-refractivity contribution >= 4 is 18.5 Å². The Balaban J connectivity index is 2.58. The molecular formula is C11H11N3OS. The van der Waals surface area contributed by atoms with Crippen LogP contribution in [0.3, 0.4) is 0 Å². The maximum absolute atomic E-state index is 11.7. The molecule has 2 aliphatic rings. The van der Waals surface area contributed by atoms with Gasteiger partial charge in [0, 0.05) is 5.41 Å². The average molecular weight is 233 g/mol. The third-order valence-electron chi connectivity index (χ3n) is 3.53. The summed E-state index contributed by atoms with van der Waals surface area (Å²) >= 11 is 4.14. The lowest BCUT2D eigenvalue weighted by Gasteiger charge is -2.36. The van der Waals surface area contributed by atoms with Crippen LogP contribution in [0.5, 0.6) is 0 Å². The van der Waals surface area contributed by atoms with Crippen molar-refractivity contribution < 1.29 is 4.79 Å². The van der Waals surface area contributed by atoms with Gasteiger partial charge in [-0.05, 0) is 12.8 Å². The third-order valence-corrected chi connectivity index (χ3v) is 3.86. The van der Waals surface area contributed by atoms with Gasteiger partial charge in [0.2, 0.25) is 5.91 Å². The topological polar surface area (TPSA) is 76.7 Å². The lowest BCUT2D eigenvalue weighted by molar-refractivity contribution is -0.126. The van der Waals surface area contributed by atoms with Crippen LogP contribution in [-0.2, 0) is 4.79 Å². The first-order valence-electron chi connectivity index (χ1n) is 5.20. The minimum atomic E-state index is -0.749. The molecule has 1 heterocycles. The number of carbonyl (C=O) groups excluding carboxylic acids is 1. The van der Waals surface area contributed by atoms with Crippen molar-refractivity contribution in [3.63, 3.8) is 0 Å². The Morgan fingerprint density at radius 2 is 2.00 bits per heavy atom. The van der Waals surface area contributed by atoms with Crippen molar-refractivity contribution in [1.29, 1.82) is 10.5 Å². The number of nitriles is 2. The molecule has 0 aromatic rings. The monoisotopic (exact) mass is 233 g/mol. The molecule has 1 aliphatic carbocycles. The molecule has 0 aromatic heterocycles. The SMILES string of the molecule is N#CC1=C(S)NC(=O)[C@@H](C#N)C12CCCC2. The molecule has 82 valence electrons. The Hall–Kier alpha value is -1.46. The minimum Gasteiger partial charge on any atom is -0.319 e. The summed E-state index contributed by atoms with van der Waals surface area (Å²) in [5, 5.41) is 21.1. The largest absolute Gasteiger partial charge is 0.319 e. The molecule has 4 nitrogen and oxygen atoms in total. The number of rotatable bonds is 0. The van der Waals surface area contributed by atoms with Crippen molar-refractivity contribution in [2.24, 2.45) is 11.3 Å². The van der Waals surface area contributed by atoms with Crippen molar-refractivity contribution in [1.82, 2.24) is 5.32 Å². The summed E-state index contributed by atoms with van der Waals surface area (Å²) in [5.41, 5.74) is -0.109. The molecule has 1 spiro atoms. The molecule has 0 radical (unpaired) electrons. The van der Waals surface area contributed by atoms with Crippen LogP contribution in [-0.4, -0.2) is 5.91 Å². The maximum Gasteiger partial charge on any atom is 0.243 e. The standard InChI is InChI=1S/C11H11N3OS/c12-5-7-9(15)14-10(16)8(6-13)11(7)3-1-2-4-11/h7,16H,1-4H2,(H,14,15)/t7-/m1/s1. The highest BCUT2D eigenvalue weighted by molar-refractivity contribution is 7.84. The zero-order valence-electron chi connectivity index (χ0n) is 8.66. The first-order chi connectivity index (χ1) is 7.65. The van der Waals surface area contributed by atoms with E-state index in [1.165, 1.54) is 0 Å². The molecule has 1 amide bonds. The van der Waals surface area contributed by atoms with Gasteiger partial charge in [-0.3, -0.25) is 4.79 Å².